The van der Waals surface area contributed by atoms with E-state index in [9.17, 15) is 9.59 Å². The molecule has 0 unspecified atom stereocenters. The summed E-state index contributed by atoms with van der Waals surface area (Å²) in [6, 6.07) is 3.66. The predicted octanol–water partition coefficient (Wildman–Crippen LogP) is 0.984. The van der Waals surface area contributed by atoms with E-state index in [0.29, 0.717) is 13.1 Å². The monoisotopic (exact) mass is 295 g/mol. The molecule has 1 fully saturated rings. The van der Waals surface area contributed by atoms with E-state index in [1.807, 2.05) is 11.4 Å². The number of amides is 2. The fourth-order valence-corrected chi connectivity index (χ4v) is 2.87. The number of rotatable bonds is 6. The molecule has 1 aromatic heterocycles. The summed E-state index contributed by atoms with van der Waals surface area (Å²) in [5.74, 6) is 0.262. The summed E-state index contributed by atoms with van der Waals surface area (Å²) in [6.07, 6.45) is 2.59. The standard InChI is InChI=1S/C14H21N3O2S/c18-13(11-4-8-15-9-5-11)16-6-2-7-17-14(19)12-3-1-10-20-12/h1,3,10-11,15H,2,4-9H2,(H,16,18)(H,17,19). The molecule has 6 heteroatoms. The Balaban J connectivity index is 1.55. The van der Waals surface area contributed by atoms with Crippen molar-refractivity contribution in [2.75, 3.05) is 26.2 Å². The summed E-state index contributed by atoms with van der Waals surface area (Å²) >= 11 is 1.43. The minimum Gasteiger partial charge on any atom is -0.356 e. The van der Waals surface area contributed by atoms with Crippen molar-refractivity contribution in [2.24, 2.45) is 5.92 Å². The van der Waals surface area contributed by atoms with Crippen LogP contribution in [0.2, 0.25) is 0 Å². The van der Waals surface area contributed by atoms with Crippen LogP contribution in [0.1, 0.15) is 28.9 Å². The average Bonchev–Trinajstić information content (AvgIpc) is 3.01. The van der Waals surface area contributed by atoms with Crippen molar-refractivity contribution in [3.63, 3.8) is 0 Å². The summed E-state index contributed by atoms with van der Waals surface area (Å²) in [7, 11) is 0. The maximum absolute atomic E-state index is 11.9. The van der Waals surface area contributed by atoms with Crippen molar-refractivity contribution in [1.29, 1.82) is 0 Å². The van der Waals surface area contributed by atoms with Gasteiger partial charge in [-0.1, -0.05) is 6.07 Å². The van der Waals surface area contributed by atoms with E-state index < -0.39 is 0 Å². The van der Waals surface area contributed by atoms with E-state index in [-0.39, 0.29) is 17.7 Å². The van der Waals surface area contributed by atoms with Crippen molar-refractivity contribution in [3.8, 4) is 0 Å². The number of carbonyl (C=O) groups is 2. The second-order valence-corrected chi connectivity index (χ2v) is 5.85. The lowest BCUT2D eigenvalue weighted by molar-refractivity contribution is -0.125. The van der Waals surface area contributed by atoms with Crippen LogP contribution in [-0.4, -0.2) is 38.0 Å². The minimum atomic E-state index is -0.0373. The van der Waals surface area contributed by atoms with Gasteiger partial charge in [-0.25, -0.2) is 0 Å². The van der Waals surface area contributed by atoms with Crippen molar-refractivity contribution in [2.45, 2.75) is 19.3 Å². The van der Waals surface area contributed by atoms with Gasteiger partial charge in [0.1, 0.15) is 0 Å². The molecule has 0 bridgehead atoms. The maximum Gasteiger partial charge on any atom is 0.261 e. The molecule has 110 valence electrons. The smallest absolute Gasteiger partial charge is 0.261 e. The van der Waals surface area contributed by atoms with Crippen LogP contribution < -0.4 is 16.0 Å². The third kappa shape index (κ3) is 4.61. The number of thiophene rings is 1. The van der Waals surface area contributed by atoms with E-state index in [4.69, 9.17) is 0 Å². The molecular formula is C14H21N3O2S. The van der Waals surface area contributed by atoms with Crippen LogP contribution in [0.25, 0.3) is 0 Å². The highest BCUT2D eigenvalue weighted by Gasteiger charge is 2.19. The van der Waals surface area contributed by atoms with Crippen LogP contribution in [0.5, 0.6) is 0 Å². The van der Waals surface area contributed by atoms with E-state index in [2.05, 4.69) is 16.0 Å². The molecule has 2 heterocycles. The zero-order valence-corrected chi connectivity index (χ0v) is 12.3. The van der Waals surface area contributed by atoms with Crippen LogP contribution in [0.15, 0.2) is 17.5 Å². The first-order valence-corrected chi connectivity index (χ1v) is 7.95. The lowest BCUT2D eigenvalue weighted by Crippen LogP contribution is -2.39. The Labute approximate surface area is 123 Å². The van der Waals surface area contributed by atoms with Gasteiger partial charge in [0, 0.05) is 19.0 Å². The van der Waals surface area contributed by atoms with Gasteiger partial charge in [-0.05, 0) is 43.8 Å². The Kier molecular flexibility index (Phi) is 6.01. The quantitative estimate of drug-likeness (QED) is 0.685. The number of piperidine rings is 1. The highest BCUT2D eigenvalue weighted by Crippen LogP contribution is 2.11. The van der Waals surface area contributed by atoms with E-state index >= 15 is 0 Å². The van der Waals surface area contributed by atoms with Gasteiger partial charge >= 0.3 is 0 Å². The highest BCUT2D eigenvalue weighted by molar-refractivity contribution is 7.12. The molecule has 0 spiro atoms. The van der Waals surface area contributed by atoms with Gasteiger partial charge in [-0.15, -0.1) is 11.3 Å². The number of carbonyl (C=O) groups excluding carboxylic acids is 2. The largest absolute Gasteiger partial charge is 0.356 e. The van der Waals surface area contributed by atoms with Crippen LogP contribution in [-0.2, 0) is 4.79 Å². The highest BCUT2D eigenvalue weighted by atomic mass is 32.1. The van der Waals surface area contributed by atoms with Gasteiger partial charge in [0.05, 0.1) is 4.88 Å². The minimum absolute atomic E-state index is 0.0373. The molecule has 0 radical (unpaired) electrons. The number of nitrogens with one attached hydrogen (secondary N) is 3. The second-order valence-electron chi connectivity index (χ2n) is 4.90. The molecule has 0 atom stereocenters. The Morgan fingerprint density at radius 3 is 2.70 bits per heavy atom. The topological polar surface area (TPSA) is 70.2 Å². The van der Waals surface area contributed by atoms with E-state index in [1.165, 1.54) is 11.3 Å². The lowest BCUT2D eigenvalue weighted by Gasteiger charge is -2.21. The van der Waals surface area contributed by atoms with Gasteiger partial charge in [0.2, 0.25) is 5.91 Å². The van der Waals surface area contributed by atoms with Crippen molar-refractivity contribution in [1.82, 2.24) is 16.0 Å². The van der Waals surface area contributed by atoms with Crippen molar-refractivity contribution in [3.05, 3.63) is 22.4 Å². The van der Waals surface area contributed by atoms with Gasteiger partial charge in [-0.2, -0.15) is 0 Å². The van der Waals surface area contributed by atoms with Crippen LogP contribution >= 0.6 is 11.3 Å². The summed E-state index contributed by atoms with van der Waals surface area (Å²) in [5, 5.41) is 10.9. The normalized spacial score (nSPS) is 15.8. The molecule has 2 amide bonds. The molecule has 0 aromatic carbocycles. The molecular weight excluding hydrogens is 274 g/mol. The summed E-state index contributed by atoms with van der Waals surface area (Å²) < 4.78 is 0. The SMILES string of the molecule is O=C(NCCCNC(=O)C1CCNCC1)c1cccs1. The molecule has 1 aromatic rings. The fraction of sp³-hybridized carbons (Fsp3) is 0.571. The average molecular weight is 295 g/mol. The third-order valence-corrected chi connectivity index (χ3v) is 4.26. The summed E-state index contributed by atoms with van der Waals surface area (Å²) in [6.45, 7) is 3.06. The molecule has 3 N–H and O–H groups in total. The van der Waals surface area contributed by atoms with Crippen molar-refractivity contribution < 1.29 is 9.59 Å². The van der Waals surface area contributed by atoms with Crippen LogP contribution in [0, 0.1) is 5.92 Å². The summed E-state index contributed by atoms with van der Waals surface area (Å²) in [4.78, 5) is 24.2. The lowest BCUT2D eigenvalue weighted by atomic mass is 9.97. The number of hydrogen-bond acceptors (Lipinski definition) is 4. The van der Waals surface area contributed by atoms with Crippen LogP contribution in [0.3, 0.4) is 0 Å². The third-order valence-electron chi connectivity index (χ3n) is 3.39. The Morgan fingerprint density at radius 2 is 2.00 bits per heavy atom. The Bertz CT molecular complexity index is 428. The van der Waals surface area contributed by atoms with Crippen LogP contribution in [0.4, 0.5) is 0 Å². The molecule has 2 rings (SSSR count). The first-order chi connectivity index (χ1) is 9.77. The predicted molar refractivity (Wildman–Crippen MR) is 79.9 cm³/mol. The molecule has 20 heavy (non-hydrogen) atoms. The second kappa shape index (κ2) is 8.01. The first kappa shape index (κ1) is 15.0. The number of hydrogen-bond donors (Lipinski definition) is 3. The van der Waals surface area contributed by atoms with E-state index in [0.717, 1.165) is 37.2 Å². The molecule has 5 nitrogen and oxygen atoms in total. The van der Waals surface area contributed by atoms with Gasteiger partial charge in [-0.3, -0.25) is 9.59 Å². The first-order valence-electron chi connectivity index (χ1n) is 7.07. The van der Waals surface area contributed by atoms with Crippen molar-refractivity contribution >= 4 is 23.2 Å². The Hall–Kier alpha value is -1.40. The molecule has 1 aliphatic heterocycles. The van der Waals surface area contributed by atoms with Gasteiger partial charge in [0.15, 0.2) is 0 Å². The fourth-order valence-electron chi connectivity index (χ4n) is 2.23. The summed E-state index contributed by atoms with van der Waals surface area (Å²) in [5.41, 5.74) is 0. The molecule has 0 aliphatic carbocycles. The van der Waals surface area contributed by atoms with Gasteiger partial charge < -0.3 is 16.0 Å². The van der Waals surface area contributed by atoms with E-state index in [1.54, 1.807) is 6.07 Å². The Morgan fingerprint density at radius 1 is 1.25 bits per heavy atom. The molecule has 0 saturated carbocycles. The van der Waals surface area contributed by atoms with Gasteiger partial charge in [0.25, 0.3) is 5.91 Å². The zero-order chi connectivity index (χ0) is 14.2. The zero-order valence-electron chi connectivity index (χ0n) is 11.5. The molecule has 1 saturated heterocycles. The maximum atomic E-state index is 11.9. The molecule has 1 aliphatic rings.